The van der Waals surface area contributed by atoms with Gasteiger partial charge in [-0.05, 0) is 56.3 Å². The molecule has 0 unspecified atom stereocenters. The van der Waals surface area contributed by atoms with Crippen LogP contribution in [0.15, 0.2) is 24.3 Å². The smallest absolute Gasteiger partial charge is 0.223 e. The van der Waals surface area contributed by atoms with E-state index in [0.717, 1.165) is 45.2 Å². The highest BCUT2D eigenvalue weighted by Gasteiger charge is 2.35. The maximum absolute atomic E-state index is 12.6. The SMILES string of the molecule is O=C(NC1Cc2ccccc2C1)C1CCN([C@@H]2CCS(=O)(=O)C2)CC1. The number of rotatable bonds is 3. The lowest BCUT2D eigenvalue weighted by Gasteiger charge is -2.35. The molecule has 2 fully saturated rings. The largest absolute Gasteiger partial charge is 0.352 e. The Morgan fingerprint density at radius 2 is 1.68 bits per heavy atom. The predicted molar refractivity (Wildman–Crippen MR) is 97.1 cm³/mol. The monoisotopic (exact) mass is 362 g/mol. The Morgan fingerprint density at radius 3 is 2.24 bits per heavy atom. The van der Waals surface area contributed by atoms with Gasteiger partial charge in [0.05, 0.1) is 11.5 Å². The van der Waals surface area contributed by atoms with Crippen molar-refractivity contribution in [3.8, 4) is 0 Å². The number of fused-ring (bicyclic) bond motifs is 1. The van der Waals surface area contributed by atoms with Crippen molar-refractivity contribution in [2.75, 3.05) is 24.6 Å². The molecule has 0 radical (unpaired) electrons. The molecular formula is C19H26N2O3S. The number of sulfone groups is 1. The Balaban J connectivity index is 1.26. The summed E-state index contributed by atoms with van der Waals surface area (Å²) < 4.78 is 23.3. The van der Waals surface area contributed by atoms with Crippen LogP contribution in [0.25, 0.3) is 0 Å². The zero-order chi connectivity index (χ0) is 17.4. The second kappa shape index (κ2) is 6.72. The van der Waals surface area contributed by atoms with Crippen molar-refractivity contribution in [3.63, 3.8) is 0 Å². The summed E-state index contributed by atoms with van der Waals surface area (Å²) in [7, 11) is -2.84. The van der Waals surface area contributed by atoms with Crippen LogP contribution in [0.2, 0.25) is 0 Å². The van der Waals surface area contributed by atoms with Crippen LogP contribution >= 0.6 is 0 Å². The molecular weight excluding hydrogens is 336 g/mol. The summed E-state index contributed by atoms with van der Waals surface area (Å²) in [5.41, 5.74) is 2.70. The van der Waals surface area contributed by atoms with E-state index in [9.17, 15) is 13.2 Å². The number of carbonyl (C=O) groups excluding carboxylic acids is 1. The van der Waals surface area contributed by atoms with E-state index in [-0.39, 0.29) is 23.9 Å². The number of benzene rings is 1. The molecule has 6 heteroatoms. The first kappa shape index (κ1) is 17.0. The fraction of sp³-hybridized carbons (Fsp3) is 0.632. The molecule has 1 N–H and O–H groups in total. The fourth-order valence-corrected chi connectivity index (χ4v) is 6.33. The van der Waals surface area contributed by atoms with E-state index in [2.05, 4.69) is 34.5 Å². The molecule has 3 aliphatic rings. The maximum atomic E-state index is 12.6. The molecule has 25 heavy (non-hydrogen) atoms. The van der Waals surface area contributed by atoms with E-state index in [1.54, 1.807) is 0 Å². The van der Waals surface area contributed by atoms with Crippen molar-refractivity contribution in [1.29, 1.82) is 0 Å². The second-order valence-corrected chi connectivity index (χ2v) is 9.98. The molecule has 1 aliphatic carbocycles. The zero-order valence-corrected chi connectivity index (χ0v) is 15.3. The summed E-state index contributed by atoms with van der Waals surface area (Å²) in [5.74, 6) is 0.860. The summed E-state index contributed by atoms with van der Waals surface area (Å²) >= 11 is 0. The Labute approximate surface area is 149 Å². The van der Waals surface area contributed by atoms with Crippen LogP contribution in [0, 0.1) is 5.92 Å². The molecule has 5 nitrogen and oxygen atoms in total. The topological polar surface area (TPSA) is 66.5 Å². The lowest BCUT2D eigenvalue weighted by atomic mass is 9.94. The van der Waals surface area contributed by atoms with Crippen LogP contribution < -0.4 is 5.32 Å². The Bertz CT molecular complexity index is 729. The van der Waals surface area contributed by atoms with Crippen molar-refractivity contribution in [2.24, 2.45) is 5.92 Å². The van der Waals surface area contributed by atoms with Gasteiger partial charge in [0.2, 0.25) is 5.91 Å². The standard InChI is InChI=1S/C19H26N2O3S/c22-19(20-17-11-15-3-1-2-4-16(15)12-17)14-5-8-21(9-6-14)18-7-10-25(23,24)13-18/h1-4,14,17-18H,5-13H2,(H,20,22)/t18-/m1/s1. The third-order valence-electron chi connectivity index (χ3n) is 6.02. The molecule has 4 rings (SSSR count). The van der Waals surface area contributed by atoms with Gasteiger partial charge in [-0.3, -0.25) is 9.69 Å². The Kier molecular flexibility index (Phi) is 4.58. The van der Waals surface area contributed by atoms with Gasteiger partial charge in [0.25, 0.3) is 0 Å². The average molecular weight is 362 g/mol. The highest BCUT2D eigenvalue weighted by molar-refractivity contribution is 7.91. The van der Waals surface area contributed by atoms with Crippen LogP contribution in [-0.2, 0) is 27.5 Å². The minimum Gasteiger partial charge on any atom is -0.352 e. The van der Waals surface area contributed by atoms with Gasteiger partial charge in [-0.15, -0.1) is 0 Å². The van der Waals surface area contributed by atoms with Crippen molar-refractivity contribution in [2.45, 2.75) is 44.2 Å². The summed E-state index contributed by atoms with van der Waals surface area (Å²) in [4.78, 5) is 14.9. The average Bonchev–Trinajstić information content (AvgIpc) is 3.17. The van der Waals surface area contributed by atoms with Crippen LogP contribution in [0.3, 0.4) is 0 Å². The van der Waals surface area contributed by atoms with Crippen molar-refractivity contribution in [3.05, 3.63) is 35.4 Å². The lowest BCUT2D eigenvalue weighted by molar-refractivity contribution is -0.127. The number of hydrogen-bond acceptors (Lipinski definition) is 4. The van der Waals surface area contributed by atoms with Crippen molar-refractivity contribution in [1.82, 2.24) is 10.2 Å². The zero-order valence-electron chi connectivity index (χ0n) is 14.5. The predicted octanol–water partition coefficient (Wildman–Crippen LogP) is 1.17. The van der Waals surface area contributed by atoms with E-state index >= 15 is 0 Å². The molecule has 1 aromatic carbocycles. The molecule has 2 aliphatic heterocycles. The molecule has 0 aromatic heterocycles. The summed E-state index contributed by atoms with van der Waals surface area (Å²) in [5, 5.41) is 3.24. The number of piperidine rings is 1. The lowest BCUT2D eigenvalue weighted by Crippen LogP contribution is -2.47. The quantitative estimate of drug-likeness (QED) is 0.877. The number of likely N-dealkylation sites (tertiary alicyclic amines) is 1. The third kappa shape index (κ3) is 3.75. The molecule has 0 bridgehead atoms. The van der Waals surface area contributed by atoms with Gasteiger partial charge in [0.15, 0.2) is 9.84 Å². The van der Waals surface area contributed by atoms with Crippen LogP contribution in [0.4, 0.5) is 0 Å². The van der Waals surface area contributed by atoms with E-state index in [1.807, 2.05) is 0 Å². The number of carbonyl (C=O) groups is 1. The van der Waals surface area contributed by atoms with Crippen LogP contribution in [0.5, 0.6) is 0 Å². The molecule has 1 amide bonds. The third-order valence-corrected chi connectivity index (χ3v) is 7.77. The molecule has 2 heterocycles. The van der Waals surface area contributed by atoms with Gasteiger partial charge in [0.1, 0.15) is 0 Å². The van der Waals surface area contributed by atoms with Crippen LogP contribution in [0.1, 0.15) is 30.4 Å². The highest BCUT2D eigenvalue weighted by Crippen LogP contribution is 2.26. The molecule has 2 saturated heterocycles. The minimum atomic E-state index is -2.84. The van der Waals surface area contributed by atoms with Gasteiger partial charge >= 0.3 is 0 Å². The van der Waals surface area contributed by atoms with E-state index in [1.165, 1.54) is 11.1 Å². The molecule has 1 aromatic rings. The fourth-order valence-electron chi connectivity index (χ4n) is 4.57. The Hall–Kier alpha value is -1.40. The number of amides is 1. The first-order chi connectivity index (χ1) is 12.0. The van der Waals surface area contributed by atoms with Crippen molar-refractivity contribution >= 4 is 15.7 Å². The van der Waals surface area contributed by atoms with Gasteiger partial charge in [0, 0.05) is 18.0 Å². The molecule has 0 spiro atoms. The normalized spacial score (nSPS) is 27.3. The van der Waals surface area contributed by atoms with E-state index < -0.39 is 9.84 Å². The Morgan fingerprint density at radius 1 is 1.04 bits per heavy atom. The van der Waals surface area contributed by atoms with Crippen LogP contribution in [-0.4, -0.2) is 55.9 Å². The van der Waals surface area contributed by atoms with Gasteiger partial charge in [-0.1, -0.05) is 24.3 Å². The van der Waals surface area contributed by atoms with Gasteiger partial charge < -0.3 is 5.32 Å². The van der Waals surface area contributed by atoms with Crippen molar-refractivity contribution < 1.29 is 13.2 Å². The molecule has 136 valence electrons. The number of nitrogens with one attached hydrogen (secondary N) is 1. The maximum Gasteiger partial charge on any atom is 0.223 e. The summed E-state index contributed by atoms with van der Waals surface area (Å²) in [6, 6.07) is 8.80. The molecule has 1 atom stereocenters. The highest BCUT2D eigenvalue weighted by atomic mass is 32.2. The number of nitrogens with zero attached hydrogens (tertiary/aromatic N) is 1. The minimum absolute atomic E-state index is 0.0676. The summed E-state index contributed by atoms with van der Waals surface area (Å²) in [6.07, 6.45) is 4.28. The first-order valence-corrected chi connectivity index (χ1v) is 11.1. The summed E-state index contributed by atoms with van der Waals surface area (Å²) in [6.45, 7) is 1.67. The first-order valence-electron chi connectivity index (χ1n) is 9.32. The van der Waals surface area contributed by atoms with Gasteiger partial charge in [-0.25, -0.2) is 8.42 Å². The van der Waals surface area contributed by atoms with E-state index in [4.69, 9.17) is 0 Å². The molecule has 0 saturated carbocycles. The van der Waals surface area contributed by atoms with Gasteiger partial charge in [-0.2, -0.15) is 0 Å². The van der Waals surface area contributed by atoms with E-state index in [0.29, 0.717) is 11.5 Å². The second-order valence-electron chi connectivity index (χ2n) is 7.75. The number of hydrogen-bond donors (Lipinski definition) is 1.